The molecule has 2 aliphatic heterocycles. The predicted molar refractivity (Wildman–Crippen MR) is 78.8 cm³/mol. The number of rotatable bonds is 4. The van der Waals surface area contributed by atoms with E-state index in [0.29, 0.717) is 30.5 Å². The van der Waals surface area contributed by atoms with E-state index < -0.39 is 0 Å². The summed E-state index contributed by atoms with van der Waals surface area (Å²) in [6, 6.07) is 6.61. The second kappa shape index (κ2) is 5.60. The first-order chi connectivity index (χ1) is 9.67. The highest BCUT2D eigenvalue weighted by atomic mass is 19.1. The summed E-state index contributed by atoms with van der Waals surface area (Å²) in [5, 5.41) is 3.56. The van der Waals surface area contributed by atoms with Gasteiger partial charge in [-0.05, 0) is 51.8 Å². The minimum absolute atomic E-state index is 0.248. The summed E-state index contributed by atoms with van der Waals surface area (Å²) >= 11 is 0. The molecule has 2 bridgehead atoms. The van der Waals surface area contributed by atoms with Gasteiger partial charge in [0.2, 0.25) is 0 Å². The summed E-state index contributed by atoms with van der Waals surface area (Å²) in [5.41, 5.74) is 0.919. The Labute approximate surface area is 120 Å². The molecule has 4 heteroatoms. The lowest BCUT2D eigenvalue weighted by atomic mass is 9.97. The predicted octanol–water partition coefficient (Wildman–Crippen LogP) is 3.26. The van der Waals surface area contributed by atoms with Crippen LogP contribution < -0.4 is 10.1 Å². The van der Waals surface area contributed by atoms with Gasteiger partial charge in [-0.2, -0.15) is 0 Å². The van der Waals surface area contributed by atoms with Crippen LogP contribution >= 0.6 is 0 Å². The third-order valence-corrected chi connectivity index (χ3v) is 4.70. The summed E-state index contributed by atoms with van der Waals surface area (Å²) in [6.45, 7) is 2.47. The number of hydrogen-bond acceptors (Lipinski definition) is 3. The molecule has 2 aliphatic rings. The standard InChI is InChI=1S/C16H23FN2O/c1-3-20-16-8-11(17)4-7-15(16)18-12-9-13-5-6-14(10-12)19(13)2/h4,7-8,12-14,18H,3,5-6,9-10H2,1-2H3. The number of nitrogens with zero attached hydrogens (tertiary/aromatic N) is 1. The van der Waals surface area contributed by atoms with Crippen LogP contribution in [0.4, 0.5) is 10.1 Å². The van der Waals surface area contributed by atoms with Crippen LogP contribution in [0.15, 0.2) is 18.2 Å². The number of nitrogens with one attached hydrogen (secondary N) is 1. The molecule has 1 N–H and O–H groups in total. The molecule has 1 aromatic carbocycles. The van der Waals surface area contributed by atoms with Crippen LogP contribution in [0, 0.1) is 5.82 Å². The first-order valence-electron chi connectivity index (χ1n) is 7.58. The number of piperidine rings is 1. The Morgan fingerprint density at radius 3 is 2.65 bits per heavy atom. The maximum atomic E-state index is 13.3. The van der Waals surface area contributed by atoms with E-state index in [2.05, 4.69) is 17.3 Å². The molecule has 3 nitrogen and oxygen atoms in total. The number of fused-ring (bicyclic) bond motifs is 2. The molecular formula is C16H23FN2O. The summed E-state index contributed by atoms with van der Waals surface area (Å²) in [7, 11) is 2.24. The van der Waals surface area contributed by atoms with Crippen molar-refractivity contribution in [3.05, 3.63) is 24.0 Å². The quantitative estimate of drug-likeness (QED) is 0.915. The Morgan fingerprint density at radius 1 is 1.30 bits per heavy atom. The molecule has 0 saturated carbocycles. The largest absolute Gasteiger partial charge is 0.492 e. The maximum absolute atomic E-state index is 13.3. The van der Waals surface area contributed by atoms with Gasteiger partial charge in [-0.3, -0.25) is 0 Å². The van der Waals surface area contributed by atoms with Crippen LogP contribution in [-0.4, -0.2) is 36.7 Å². The van der Waals surface area contributed by atoms with E-state index in [4.69, 9.17) is 4.74 Å². The molecule has 1 aromatic rings. The van der Waals surface area contributed by atoms with Crippen LogP contribution in [0.25, 0.3) is 0 Å². The Balaban J connectivity index is 1.72. The summed E-state index contributed by atoms with van der Waals surface area (Å²) in [6.07, 6.45) is 4.94. The maximum Gasteiger partial charge on any atom is 0.145 e. The SMILES string of the molecule is CCOc1cc(F)ccc1NC1CC2CCC(C1)N2C. The van der Waals surface area contributed by atoms with Gasteiger partial charge in [0.1, 0.15) is 11.6 Å². The zero-order chi connectivity index (χ0) is 14.1. The van der Waals surface area contributed by atoms with Gasteiger partial charge in [0.15, 0.2) is 0 Å². The van der Waals surface area contributed by atoms with Crippen molar-refractivity contribution in [1.29, 1.82) is 0 Å². The van der Waals surface area contributed by atoms with Gasteiger partial charge < -0.3 is 15.0 Å². The summed E-state index contributed by atoms with van der Waals surface area (Å²) < 4.78 is 18.9. The molecule has 2 unspecified atom stereocenters. The molecule has 2 saturated heterocycles. The summed E-state index contributed by atoms with van der Waals surface area (Å²) in [4.78, 5) is 2.52. The highest BCUT2D eigenvalue weighted by molar-refractivity contribution is 5.57. The first-order valence-corrected chi connectivity index (χ1v) is 7.58. The zero-order valence-electron chi connectivity index (χ0n) is 12.2. The van der Waals surface area contributed by atoms with Crippen molar-refractivity contribution in [2.24, 2.45) is 0 Å². The number of anilines is 1. The van der Waals surface area contributed by atoms with E-state index >= 15 is 0 Å². The van der Waals surface area contributed by atoms with Crippen LogP contribution in [-0.2, 0) is 0 Å². The summed E-state index contributed by atoms with van der Waals surface area (Å²) in [5.74, 6) is 0.376. The average Bonchev–Trinajstić information content (AvgIpc) is 2.64. The smallest absolute Gasteiger partial charge is 0.145 e. The second-order valence-corrected chi connectivity index (χ2v) is 5.94. The van der Waals surface area contributed by atoms with E-state index in [0.717, 1.165) is 18.5 Å². The van der Waals surface area contributed by atoms with E-state index in [-0.39, 0.29) is 5.82 Å². The molecule has 20 heavy (non-hydrogen) atoms. The van der Waals surface area contributed by atoms with Gasteiger partial charge >= 0.3 is 0 Å². The monoisotopic (exact) mass is 278 g/mol. The molecule has 2 fully saturated rings. The third-order valence-electron chi connectivity index (χ3n) is 4.70. The van der Waals surface area contributed by atoms with Crippen molar-refractivity contribution in [2.75, 3.05) is 19.0 Å². The molecule has 0 aliphatic carbocycles. The van der Waals surface area contributed by atoms with Gasteiger partial charge in [-0.1, -0.05) is 0 Å². The van der Waals surface area contributed by atoms with Crippen LogP contribution in [0.1, 0.15) is 32.6 Å². The van der Waals surface area contributed by atoms with Crippen molar-refractivity contribution < 1.29 is 9.13 Å². The minimum atomic E-state index is -0.248. The molecule has 0 aromatic heterocycles. The van der Waals surface area contributed by atoms with Crippen molar-refractivity contribution >= 4 is 5.69 Å². The molecule has 0 amide bonds. The molecule has 2 atom stereocenters. The van der Waals surface area contributed by atoms with Crippen molar-refractivity contribution in [3.8, 4) is 5.75 Å². The van der Waals surface area contributed by atoms with Crippen LogP contribution in [0.3, 0.4) is 0 Å². The Hall–Kier alpha value is -1.29. The van der Waals surface area contributed by atoms with Gasteiger partial charge in [0, 0.05) is 24.2 Å². The molecule has 3 rings (SSSR count). The third kappa shape index (κ3) is 2.62. The lowest BCUT2D eigenvalue weighted by Gasteiger charge is -2.37. The van der Waals surface area contributed by atoms with E-state index in [1.807, 2.05) is 6.92 Å². The lowest BCUT2D eigenvalue weighted by Crippen LogP contribution is -2.44. The Bertz CT molecular complexity index is 466. The van der Waals surface area contributed by atoms with Crippen molar-refractivity contribution in [3.63, 3.8) is 0 Å². The van der Waals surface area contributed by atoms with Gasteiger partial charge in [0.25, 0.3) is 0 Å². The second-order valence-electron chi connectivity index (χ2n) is 5.94. The fraction of sp³-hybridized carbons (Fsp3) is 0.625. The normalized spacial score (nSPS) is 29.4. The molecular weight excluding hydrogens is 255 g/mol. The topological polar surface area (TPSA) is 24.5 Å². The number of halogens is 1. The van der Waals surface area contributed by atoms with Crippen LogP contribution in [0.5, 0.6) is 5.75 Å². The highest BCUT2D eigenvalue weighted by Crippen LogP contribution is 2.36. The van der Waals surface area contributed by atoms with Gasteiger partial charge in [0.05, 0.1) is 12.3 Å². The fourth-order valence-corrected chi connectivity index (χ4v) is 3.64. The minimum Gasteiger partial charge on any atom is -0.492 e. The van der Waals surface area contributed by atoms with Crippen molar-refractivity contribution in [2.45, 2.75) is 50.7 Å². The van der Waals surface area contributed by atoms with Crippen LogP contribution in [0.2, 0.25) is 0 Å². The molecule has 0 radical (unpaired) electrons. The average molecular weight is 278 g/mol. The van der Waals surface area contributed by atoms with E-state index in [9.17, 15) is 4.39 Å². The lowest BCUT2D eigenvalue weighted by molar-refractivity contribution is 0.168. The Kier molecular flexibility index (Phi) is 3.83. The van der Waals surface area contributed by atoms with E-state index in [1.165, 1.54) is 25.0 Å². The number of benzene rings is 1. The van der Waals surface area contributed by atoms with Gasteiger partial charge in [-0.25, -0.2) is 4.39 Å². The van der Waals surface area contributed by atoms with E-state index in [1.54, 1.807) is 6.07 Å². The first kappa shape index (κ1) is 13.7. The molecule has 110 valence electrons. The zero-order valence-corrected chi connectivity index (χ0v) is 12.2. The highest BCUT2D eigenvalue weighted by Gasteiger charge is 2.38. The molecule has 2 heterocycles. The Morgan fingerprint density at radius 2 is 2.00 bits per heavy atom. The van der Waals surface area contributed by atoms with Crippen molar-refractivity contribution in [1.82, 2.24) is 4.90 Å². The number of hydrogen-bond donors (Lipinski definition) is 1. The molecule has 0 spiro atoms. The fourth-order valence-electron chi connectivity index (χ4n) is 3.64. The van der Waals surface area contributed by atoms with Gasteiger partial charge in [-0.15, -0.1) is 0 Å². The number of ether oxygens (including phenoxy) is 1.